The lowest BCUT2D eigenvalue weighted by atomic mass is 10.1. The number of aromatic nitrogens is 1. The monoisotopic (exact) mass is 263 g/mol. The fourth-order valence-corrected chi connectivity index (χ4v) is 2.43. The van der Waals surface area contributed by atoms with Crippen molar-refractivity contribution < 1.29 is 4.74 Å². The van der Waals surface area contributed by atoms with Crippen LogP contribution in [0.3, 0.4) is 0 Å². The first kappa shape index (κ1) is 12.5. The Hall–Kier alpha value is -2.48. The molecule has 1 heterocycles. The molecule has 2 aromatic carbocycles. The number of benzene rings is 2. The van der Waals surface area contributed by atoms with Crippen LogP contribution in [0.4, 0.5) is 0 Å². The minimum atomic E-state index is 0.842. The van der Waals surface area contributed by atoms with Gasteiger partial charge in [-0.25, -0.2) is 0 Å². The molecule has 1 aromatic heterocycles. The molecule has 0 aliphatic heterocycles. The molecule has 0 saturated carbocycles. The molecule has 20 heavy (non-hydrogen) atoms. The van der Waals surface area contributed by atoms with Gasteiger partial charge in [0.15, 0.2) is 0 Å². The van der Waals surface area contributed by atoms with Crippen molar-refractivity contribution in [1.29, 1.82) is 0 Å². The quantitative estimate of drug-likeness (QED) is 0.687. The average molecular weight is 263 g/mol. The molecule has 3 rings (SSSR count). The lowest BCUT2D eigenvalue weighted by Crippen LogP contribution is -2.01. The van der Waals surface area contributed by atoms with Gasteiger partial charge in [0.1, 0.15) is 5.75 Å². The average Bonchev–Trinajstić information content (AvgIpc) is 2.92. The van der Waals surface area contributed by atoms with Gasteiger partial charge in [0.2, 0.25) is 0 Å². The van der Waals surface area contributed by atoms with Crippen molar-refractivity contribution >= 4 is 0 Å². The second-order valence-corrected chi connectivity index (χ2v) is 4.71. The van der Waals surface area contributed by atoms with Gasteiger partial charge in [-0.15, -0.1) is 0 Å². The Bertz CT molecular complexity index is 671. The van der Waals surface area contributed by atoms with Gasteiger partial charge < -0.3 is 9.30 Å². The number of rotatable bonds is 4. The molecule has 0 N–H and O–H groups in total. The molecule has 0 unspecified atom stereocenters. The first-order valence-electron chi connectivity index (χ1n) is 6.71. The molecule has 2 heteroatoms. The Morgan fingerprint density at radius 2 is 1.50 bits per heavy atom. The van der Waals surface area contributed by atoms with E-state index in [1.807, 2.05) is 18.2 Å². The van der Waals surface area contributed by atoms with E-state index < -0.39 is 0 Å². The third-order valence-electron chi connectivity index (χ3n) is 3.39. The summed E-state index contributed by atoms with van der Waals surface area (Å²) in [4.78, 5) is 0. The van der Waals surface area contributed by atoms with Crippen molar-refractivity contribution in [2.45, 2.75) is 6.54 Å². The van der Waals surface area contributed by atoms with E-state index in [0.29, 0.717) is 0 Å². The van der Waals surface area contributed by atoms with Gasteiger partial charge in [-0.3, -0.25) is 0 Å². The van der Waals surface area contributed by atoms with Crippen LogP contribution in [-0.2, 0) is 6.54 Å². The lowest BCUT2D eigenvalue weighted by molar-refractivity contribution is 0.416. The highest BCUT2D eigenvalue weighted by molar-refractivity contribution is 5.67. The fraction of sp³-hybridized carbons (Fsp3) is 0.111. The van der Waals surface area contributed by atoms with E-state index in [0.717, 1.165) is 18.0 Å². The standard InChI is InChI=1S/C18H17NO/c1-20-17-12-13-19(14-15-8-4-2-5-9-15)18(17)16-10-6-3-7-11-16/h2-13H,14H2,1H3. The van der Waals surface area contributed by atoms with Crippen molar-refractivity contribution in [3.05, 3.63) is 78.5 Å². The van der Waals surface area contributed by atoms with E-state index in [1.54, 1.807) is 7.11 Å². The maximum Gasteiger partial charge on any atom is 0.144 e. The molecule has 0 aliphatic carbocycles. The maximum atomic E-state index is 5.50. The molecule has 3 aromatic rings. The zero-order valence-corrected chi connectivity index (χ0v) is 11.5. The molecule has 0 radical (unpaired) electrons. The Labute approximate surface area is 119 Å². The number of hydrogen-bond acceptors (Lipinski definition) is 1. The Morgan fingerprint density at radius 1 is 0.850 bits per heavy atom. The minimum Gasteiger partial charge on any atom is -0.494 e. The van der Waals surface area contributed by atoms with Gasteiger partial charge in [0.05, 0.1) is 12.8 Å². The van der Waals surface area contributed by atoms with Crippen LogP contribution in [0, 0.1) is 0 Å². The Kier molecular flexibility index (Phi) is 3.55. The molecular formula is C18H17NO. The van der Waals surface area contributed by atoms with E-state index >= 15 is 0 Å². The molecule has 0 saturated heterocycles. The number of ether oxygens (including phenoxy) is 1. The molecule has 0 aliphatic rings. The summed E-state index contributed by atoms with van der Waals surface area (Å²) in [5, 5.41) is 0. The van der Waals surface area contributed by atoms with Crippen molar-refractivity contribution in [3.63, 3.8) is 0 Å². The van der Waals surface area contributed by atoms with E-state index in [9.17, 15) is 0 Å². The smallest absolute Gasteiger partial charge is 0.144 e. The van der Waals surface area contributed by atoms with Crippen molar-refractivity contribution in [1.82, 2.24) is 4.57 Å². The van der Waals surface area contributed by atoms with Gasteiger partial charge >= 0.3 is 0 Å². The minimum absolute atomic E-state index is 0.842. The topological polar surface area (TPSA) is 14.2 Å². The van der Waals surface area contributed by atoms with Crippen LogP contribution in [-0.4, -0.2) is 11.7 Å². The molecule has 0 fully saturated rings. The third-order valence-corrected chi connectivity index (χ3v) is 3.39. The van der Waals surface area contributed by atoms with E-state index in [-0.39, 0.29) is 0 Å². The largest absolute Gasteiger partial charge is 0.494 e. The summed E-state index contributed by atoms with van der Waals surface area (Å²) >= 11 is 0. The first-order chi connectivity index (χ1) is 9.88. The molecule has 2 nitrogen and oxygen atoms in total. The summed E-state index contributed by atoms with van der Waals surface area (Å²) in [6.07, 6.45) is 2.08. The third kappa shape index (κ3) is 2.45. The first-order valence-corrected chi connectivity index (χ1v) is 6.71. The van der Waals surface area contributed by atoms with Crippen LogP contribution in [0.2, 0.25) is 0 Å². The van der Waals surface area contributed by atoms with E-state index in [1.165, 1.54) is 11.1 Å². The second-order valence-electron chi connectivity index (χ2n) is 4.71. The second kappa shape index (κ2) is 5.66. The predicted octanol–water partition coefficient (Wildman–Crippen LogP) is 4.21. The van der Waals surface area contributed by atoms with Crippen LogP contribution in [0.25, 0.3) is 11.3 Å². The van der Waals surface area contributed by atoms with Crippen LogP contribution in [0.5, 0.6) is 5.75 Å². The SMILES string of the molecule is COc1ccn(Cc2ccccc2)c1-c1ccccc1. The molecule has 0 amide bonds. The maximum absolute atomic E-state index is 5.50. The highest BCUT2D eigenvalue weighted by Crippen LogP contribution is 2.31. The summed E-state index contributed by atoms with van der Waals surface area (Å²) in [7, 11) is 1.72. The number of methoxy groups -OCH3 is 1. The van der Waals surface area contributed by atoms with E-state index in [2.05, 4.69) is 59.3 Å². The van der Waals surface area contributed by atoms with Gasteiger partial charge in [-0.1, -0.05) is 60.7 Å². The van der Waals surface area contributed by atoms with Crippen molar-refractivity contribution in [2.24, 2.45) is 0 Å². The van der Waals surface area contributed by atoms with Crippen LogP contribution >= 0.6 is 0 Å². The van der Waals surface area contributed by atoms with Crippen LogP contribution in [0.1, 0.15) is 5.56 Å². The van der Waals surface area contributed by atoms with Gasteiger partial charge in [0, 0.05) is 18.3 Å². The predicted molar refractivity (Wildman–Crippen MR) is 82.0 cm³/mol. The Morgan fingerprint density at radius 3 is 2.15 bits per heavy atom. The fourth-order valence-electron chi connectivity index (χ4n) is 2.43. The molecule has 0 bridgehead atoms. The summed E-state index contributed by atoms with van der Waals surface area (Å²) < 4.78 is 7.72. The highest BCUT2D eigenvalue weighted by Gasteiger charge is 2.11. The van der Waals surface area contributed by atoms with Crippen molar-refractivity contribution in [3.8, 4) is 17.0 Å². The van der Waals surface area contributed by atoms with Gasteiger partial charge in [0.25, 0.3) is 0 Å². The normalized spacial score (nSPS) is 10.4. The molecule has 100 valence electrons. The zero-order valence-electron chi connectivity index (χ0n) is 11.5. The summed E-state index contributed by atoms with van der Waals surface area (Å²) in [5.74, 6) is 0.909. The van der Waals surface area contributed by atoms with Crippen LogP contribution in [0.15, 0.2) is 72.9 Å². The molecular weight excluding hydrogens is 246 g/mol. The summed E-state index contributed by atoms with van der Waals surface area (Å²) in [6.45, 7) is 0.842. The molecule has 0 spiro atoms. The number of nitrogens with zero attached hydrogens (tertiary/aromatic N) is 1. The summed E-state index contributed by atoms with van der Waals surface area (Å²) in [5.41, 5.74) is 3.57. The van der Waals surface area contributed by atoms with Gasteiger partial charge in [-0.2, -0.15) is 0 Å². The van der Waals surface area contributed by atoms with Gasteiger partial charge in [-0.05, 0) is 11.6 Å². The van der Waals surface area contributed by atoms with Crippen molar-refractivity contribution in [2.75, 3.05) is 7.11 Å². The lowest BCUT2D eigenvalue weighted by Gasteiger charge is -2.11. The zero-order chi connectivity index (χ0) is 13.8. The number of hydrogen-bond donors (Lipinski definition) is 0. The summed E-state index contributed by atoms with van der Waals surface area (Å²) in [6, 6.07) is 22.8. The molecule has 0 atom stereocenters. The van der Waals surface area contributed by atoms with E-state index in [4.69, 9.17) is 4.74 Å². The van der Waals surface area contributed by atoms with Crippen LogP contribution < -0.4 is 4.74 Å². The highest BCUT2D eigenvalue weighted by atomic mass is 16.5. The Balaban J connectivity index is 2.02.